The van der Waals surface area contributed by atoms with Gasteiger partial charge in [-0.15, -0.1) is 0 Å². The normalized spacial score (nSPS) is 26.8. The zero-order valence-electron chi connectivity index (χ0n) is 12.0. The highest BCUT2D eigenvalue weighted by atomic mass is 16.7. The molecule has 0 aliphatic carbocycles. The molecule has 0 spiro atoms. The van der Waals surface area contributed by atoms with Crippen molar-refractivity contribution in [3.05, 3.63) is 0 Å². The Morgan fingerprint density at radius 3 is 1.81 bits per heavy atom. The Kier molecular flexibility index (Phi) is 4.12. The molecule has 3 heteroatoms. The molecular formula is C13H27BO2. The third-order valence-electron chi connectivity index (χ3n) is 4.21. The number of rotatable bonds is 4. The van der Waals surface area contributed by atoms with Crippen molar-refractivity contribution in [1.82, 2.24) is 0 Å². The van der Waals surface area contributed by atoms with E-state index in [1.54, 1.807) is 0 Å². The Morgan fingerprint density at radius 1 is 1.00 bits per heavy atom. The summed E-state index contributed by atoms with van der Waals surface area (Å²) in [6, 6.07) is 0. The first kappa shape index (κ1) is 14.0. The van der Waals surface area contributed by atoms with Crippen LogP contribution >= 0.6 is 0 Å². The third kappa shape index (κ3) is 2.81. The Labute approximate surface area is 101 Å². The standard InChI is InChI=1S/C13H27BO2/c1-8-10(2)9-11(3)14-15-12(4,5)13(6,7)16-14/h10-11H,8-9H2,1-7H3/t10-,11?/m1/s1. The van der Waals surface area contributed by atoms with Gasteiger partial charge in [0.1, 0.15) is 0 Å². The lowest BCUT2D eigenvalue weighted by molar-refractivity contribution is 0.00578. The minimum Gasteiger partial charge on any atom is -0.403 e. The van der Waals surface area contributed by atoms with E-state index in [0.29, 0.717) is 5.82 Å². The average Bonchev–Trinajstić information content (AvgIpc) is 2.36. The molecule has 1 aliphatic rings. The molecule has 1 aliphatic heterocycles. The SMILES string of the molecule is CC[C@@H](C)CC(C)B1OC(C)(C)C(C)(C)O1. The van der Waals surface area contributed by atoms with E-state index in [-0.39, 0.29) is 18.3 Å². The van der Waals surface area contributed by atoms with Crippen LogP contribution in [0.5, 0.6) is 0 Å². The van der Waals surface area contributed by atoms with Crippen molar-refractivity contribution < 1.29 is 9.31 Å². The van der Waals surface area contributed by atoms with Crippen LogP contribution in [0, 0.1) is 5.92 Å². The third-order valence-corrected chi connectivity index (χ3v) is 4.21. The molecule has 1 heterocycles. The molecule has 0 aromatic heterocycles. The molecule has 1 saturated heterocycles. The van der Waals surface area contributed by atoms with Gasteiger partial charge in [-0.2, -0.15) is 0 Å². The van der Waals surface area contributed by atoms with Crippen LogP contribution in [-0.4, -0.2) is 18.3 Å². The van der Waals surface area contributed by atoms with Crippen LogP contribution in [0.3, 0.4) is 0 Å². The van der Waals surface area contributed by atoms with Crippen molar-refractivity contribution in [2.45, 2.75) is 78.3 Å². The molecular weight excluding hydrogens is 199 g/mol. The predicted molar refractivity (Wildman–Crippen MR) is 69.6 cm³/mol. The van der Waals surface area contributed by atoms with Gasteiger partial charge in [0.15, 0.2) is 0 Å². The summed E-state index contributed by atoms with van der Waals surface area (Å²) < 4.78 is 12.1. The van der Waals surface area contributed by atoms with Gasteiger partial charge < -0.3 is 9.31 Å². The maximum atomic E-state index is 6.05. The predicted octanol–water partition coefficient (Wildman–Crippen LogP) is 3.90. The summed E-state index contributed by atoms with van der Waals surface area (Å²) in [4.78, 5) is 0. The van der Waals surface area contributed by atoms with E-state index in [2.05, 4.69) is 48.5 Å². The van der Waals surface area contributed by atoms with Crippen LogP contribution in [0.1, 0.15) is 61.3 Å². The first-order chi connectivity index (χ1) is 7.19. The lowest BCUT2D eigenvalue weighted by atomic mass is 9.69. The summed E-state index contributed by atoms with van der Waals surface area (Å²) in [6.45, 7) is 15.2. The Balaban J connectivity index is 2.58. The second kappa shape index (κ2) is 4.69. The van der Waals surface area contributed by atoms with Gasteiger partial charge in [-0.3, -0.25) is 0 Å². The largest absolute Gasteiger partial charge is 0.460 e. The highest BCUT2D eigenvalue weighted by molar-refractivity contribution is 6.47. The van der Waals surface area contributed by atoms with Crippen LogP contribution in [-0.2, 0) is 9.31 Å². The van der Waals surface area contributed by atoms with Crippen molar-refractivity contribution in [2.75, 3.05) is 0 Å². The fourth-order valence-corrected chi connectivity index (χ4v) is 2.03. The maximum Gasteiger partial charge on any atom is 0.460 e. The smallest absolute Gasteiger partial charge is 0.403 e. The lowest BCUT2D eigenvalue weighted by Gasteiger charge is -2.32. The van der Waals surface area contributed by atoms with Crippen LogP contribution in [0.15, 0.2) is 0 Å². The molecule has 0 saturated carbocycles. The summed E-state index contributed by atoms with van der Waals surface area (Å²) in [5.74, 6) is 1.21. The van der Waals surface area contributed by atoms with Gasteiger partial charge in [0.2, 0.25) is 0 Å². The number of hydrogen-bond acceptors (Lipinski definition) is 2. The highest BCUT2D eigenvalue weighted by Crippen LogP contribution is 2.41. The van der Waals surface area contributed by atoms with Crippen molar-refractivity contribution >= 4 is 7.12 Å². The van der Waals surface area contributed by atoms with Crippen LogP contribution in [0.2, 0.25) is 5.82 Å². The molecule has 2 atom stereocenters. The second-order valence-corrected chi connectivity index (χ2v) is 6.35. The Hall–Kier alpha value is -0.0151. The summed E-state index contributed by atoms with van der Waals surface area (Å²) in [7, 11) is -0.0426. The quantitative estimate of drug-likeness (QED) is 0.676. The maximum absolute atomic E-state index is 6.05. The average molecular weight is 226 g/mol. The van der Waals surface area contributed by atoms with Gasteiger partial charge in [0, 0.05) is 0 Å². The van der Waals surface area contributed by atoms with Gasteiger partial charge >= 0.3 is 7.12 Å². The van der Waals surface area contributed by atoms with E-state index < -0.39 is 0 Å². The molecule has 0 amide bonds. The van der Waals surface area contributed by atoms with Gasteiger partial charge in [-0.25, -0.2) is 0 Å². The van der Waals surface area contributed by atoms with E-state index in [9.17, 15) is 0 Å². The molecule has 0 bridgehead atoms. The fourth-order valence-electron chi connectivity index (χ4n) is 2.03. The molecule has 16 heavy (non-hydrogen) atoms. The van der Waals surface area contributed by atoms with Crippen LogP contribution in [0.4, 0.5) is 0 Å². The van der Waals surface area contributed by atoms with Crippen molar-refractivity contribution in [3.8, 4) is 0 Å². The molecule has 1 rings (SSSR count). The summed E-state index contributed by atoms with van der Waals surface area (Å²) in [6.07, 6.45) is 2.40. The zero-order valence-corrected chi connectivity index (χ0v) is 12.0. The molecule has 1 unspecified atom stereocenters. The van der Waals surface area contributed by atoms with E-state index in [1.165, 1.54) is 12.8 Å². The summed E-state index contributed by atoms with van der Waals surface area (Å²) in [5, 5.41) is 0. The van der Waals surface area contributed by atoms with Gasteiger partial charge in [-0.05, 0) is 45.9 Å². The van der Waals surface area contributed by atoms with Crippen LogP contribution < -0.4 is 0 Å². The lowest BCUT2D eigenvalue weighted by Crippen LogP contribution is -2.41. The van der Waals surface area contributed by atoms with Crippen molar-refractivity contribution in [1.29, 1.82) is 0 Å². The van der Waals surface area contributed by atoms with Gasteiger partial charge in [0.05, 0.1) is 11.2 Å². The van der Waals surface area contributed by atoms with E-state index in [0.717, 1.165) is 5.92 Å². The van der Waals surface area contributed by atoms with E-state index >= 15 is 0 Å². The molecule has 94 valence electrons. The molecule has 0 radical (unpaired) electrons. The Morgan fingerprint density at radius 2 is 1.44 bits per heavy atom. The topological polar surface area (TPSA) is 18.5 Å². The fraction of sp³-hybridized carbons (Fsp3) is 1.00. The zero-order chi connectivity index (χ0) is 12.6. The minimum absolute atomic E-state index is 0.0426. The molecule has 0 N–H and O–H groups in total. The molecule has 0 aromatic rings. The summed E-state index contributed by atoms with van der Waals surface area (Å²) in [5.41, 5.74) is -0.386. The highest BCUT2D eigenvalue weighted by Gasteiger charge is 2.52. The van der Waals surface area contributed by atoms with E-state index in [4.69, 9.17) is 9.31 Å². The Bertz CT molecular complexity index is 222. The van der Waals surface area contributed by atoms with Crippen molar-refractivity contribution in [3.63, 3.8) is 0 Å². The second-order valence-electron chi connectivity index (χ2n) is 6.35. The molecule has 0 aromatic carbocycles. The monoisotopic (exact) mass is 226 g/mol. The molecule has 1 fully saturated rings. The van der Waals surface area contributed by atoms with Crippen LogP contribution in [0.25, 0.3) is 0 Å². The van der Waals surface area contributed by atoms with Gasteiger partial charge in [-0.1, -0.05) is 27.2 Å². The van der Waals surface area contributed by atoms with Gasteiger partial charge in [0.25, 0.3) is 0 Å². The first-order valence-corrected chi connectivity index (χ1v) is 6.55. The van der Waals surface area contributed by atoms with E-state index in [1.807, 2.05) is 0 Å². The molecule has 2 nitrogen and oxygen atoms in total. The first-order valence-electron chi connectivity index (χ1n) is 6.55. The van der Waals surface area contributed by atoms with Crippen molar-refractivity contribution in [2.24, 2.45) is 5.92 Å². The summed E-state index contributed by atoms with van der Waals surface area (Å²) >= 11 is 0. The minimum atomic E-state index is -0.193. The number of hydrogen-bond donors (Lipinski definition) is 0.